The van der Waals surface area contributed by atoms with Gasteiger partial charge >= 0.3 is 6.18 Å². The summed E-state index contributed by atoms with van der Waals surface area (Å²) in [6.45, 7) is 1.24. The van der Waals surface area contributed by atoms with Gasteiger partial charge in [0.1, 0.15) is 5.82 Å². The molecular formula is C22H20ClF3N4O3S. The van der Waals surface area contributed by atoms with Crippen molar-refractivity contribution < 1.29 is 26.4 Å². The lowest BCUT2D eigenvalue weighted by molar-refractivity contribution is -0.140. The van der Waals surface area contributed by atoms with Gasteiger partial charge in [-0.3, -0.25) is 14.1 Å². The summed E-state index contributed by atoms with van der Waals surface area (Å²) >= 11 is 6.11. The van der Waals surface area contributed by atoms with Crippen molar-refractivity contribution in [3.63, 3.8) is 0 Å². The number of imidazole rings is 1. The van der Waals surface area contributed by atoms with Crippen LogP contribution in [0, 0.1) is 0 Å². The Kier molecular flexibility index (Phi) is 7.49. The van der Waals surface area contributed by atoms with Crippen molar-refractivity contribution in [1.29, 1.82) is 0 Å². The molecular weight excluding hydrogens is 493 g/mol. The second-order valence-electron chi connectivity index (χ2n) is 7.30. The van der Waals surface area contributed by atoms with E-state index in [-0.39, 0.29) is 12.4 Å². The summed E-state index contributed by atoms with van der Waals surface area (Å²) in [5, 5.41) is 0.316. The van der Waals surface area contributed by atoms with Gasteiger partial charge in [-0.25, -0.2) is 13.4 Å². The predicted octanol–water partition coefficient (Wildman–Crippen LogP) is 4.15. The van der Waals surface area contributed by atoms with E-state index in [1.807, 2.05) is 4.72 Å². The Balaban J connectivity index is 1.95. The number of carbonyl (C=O) groups is 1. The van der Waals surface area contributed by atoms with Crippen LogP contribution in [0.4, 0.5) is 13.2 Å². The van der Waals surface area contributed by atoms with Crippen LogP contribution in [0.25, 0.3) is 23.2 Å². The zero-order valence-electron chi connectivity index (χ0n) is 17.8. The zero-order valence-corrected chi connectivity index (χ0v) is 19.4. The Hall–Kier alpha value is -3.15. The number of rotatable bonds is 7. The van der Waals surface area contributed by atoms with Gasteiger partial charge in [-0.1, -0.05) is 35.9 Å². The van der Waals surface area contributed by atoms with E-state index in [1.54, 1.807) is 36.4 Å². The van der Waals surface area contributed by atoms with Crippen molar-refractivity contribution >= 4 is 33.6 Å². The third-order valence-corrected chi connectivity index (χ3v) is 5.99. The highest BCUT2D eigenvalue weighted by atomic mass is 35.5. The third-order valence-electron chi connectivity index (χ3n) is 4.54. The number of nitrogens with two attached hydrogens (primary N) is 1. The Morgan fingerprint density at radius 2 is 1.88 bits per heavy atom. The quantitative estimate of drug-likeness (QED) is 0.494. The number of amides is 1. The molecule has 0 saturated heterocycles. The molecule has 0 bridgehead atoms. The molecule has 3 aromatic rings. The van der Waals surface area contributed by atoms with Crippen molar-refractivity contribution in [3.05, 3.63) is 76.6 Å². The van der Waals surface area contributed by atoms with Crippen LogP contribution in [0.15, 0.2) is 54.7 Å². The Morgan fingerprint density at radius 3 is 2.47 bits per heavy atom. The molecule has 0 fully saturated rings. The molecule has 0 radical (unpaired) electrons. The molecule has 0 aliphatic heterocycles. The first-order valence-corrected chi connectivity index (χ1v) is 11.9. The average Bonchev–Trinajstić information content (AvgIpc) is 3.19. The van der Waals surface area contributed by atoms with Crippen LogP contribution in [-0.2, 0) is 27.5 Å². The molecule has 1 heterocycles. The van der Waals surface area contributed by atoms with Gasteiger partial charge in [0, 0.05) is 35.9 Å². The summed E-state index contributed by atoms with van der Waals surface area (Å²) in [7, 11) is -3.78. The van der Waals surface area contributed by atoms with E-state index < -0.39 is 33.6 Å². The van der Waals surface area contributed by atoms with E-state index in [9.17, 15) is 26.4 Å². The van der Waals surface area contributed by atoms with E-state index in [0.717, 1.165) is 13.1 Å². The van der Waals surface area contributed by atoms with Gasteiger partial charge in [-0.2, -0.15) is 13.2 Å². The highest BCUT2D eigenvalue weighted by Crippen LogP contribution is 2.33. The van der Waals surface area contributed by atoms with E-state index in [4.69, 9.17) is 17.3 Å². The molecule has 0 atom stereocenters. The zero-order chi connectivity index (χ0) is 25.1. The molecule has 2 aromatic carbocycles. The number of hydrogen-bond donors (Lipinski definition) is 2. The van der Waals surface area contributed by atoms with Crippen LogP contribution in [-0.4, -0.2) is 29.6 Å². The maximum absolute atomic E-state index is 13.4. The molecule has 3 N–H and O–H groups in total. The van der Waals surface area contributed by atoms with Crippen LogP contribution in [0.3, 0.4) is 0 Å². The maximum Gasteiger partial charge on any atom is 0.434 e. The molecule has 0 saturated carbocycles. The average molecular weight is 513 g/mol. The fraction of sp³-hybridized carbons (Fsp3) is 0.182. The summed E-state index contributed by atoms with van der Waals surface area (Å²) in [6, 6.07) is 11.1. The number of nitrogens with one attached hydrogen (secondary N) is 1. The SMILES string of the molecule is CC(=O)NS(=O)(=O)CC=Cc1ccc(-n2cc(C(F)(F)F)nc2-c2cc(Cl)cc(CN)c2)cc1. The van der Waals surface area contributed by atoms with E-state index in [1.165, 1.54) is 22.8 Å². The molecule has 34 heavy (non-hydrogen) atoms. The largest absolute Gasteiger partial charge is 0.434 e. The second kappa shape index (κ2) is 10.00. The molecule has 1 aromatic heterocycles. The van der Waals surface area contributed by atoms with Gasteiger partial charge in [-0.05, 0) is 41.5 Å². The first-order chi connectivity index (χ1) is 15.9. The molecule has 3 rings (SSSR count). The van der Waals surface area contributed by atoms with Crippen molar-refractivity contribution in [1.82, 2.24) is 14.3 Å². The van der Waals surface area contributed by atoms with Crippen LogP contribution >= 0.6 is 11.6 Å². The second-order valence-corrected chi connectivity index (χ2v) is 9.51. The predicted molar refractivity (Wildman–Crippen MR) is 124 cm³/mol. The molecule has 12 heteroatoms. The monoisotopic (exact) mass is 512 g/mol. The summed E-state index contributed by atoms with van der Waals surface area (Å²) in [6.07, 6.45) is -0.894. The number of nitrogens with zero attached hydrogens (tertiary/aromatic N) is 2. The topological polar surface area (TPSA) is 107 Å². The summed E-state index contributed by atoms with van der Waals surface area (Å²) in [4.78, 5) is 14.7. The third kappa shape index (κ3) is 6.46. The van der Waals surface area contributed by atoms with Gasteiger partial charge < -0.3 is 5.73 Å². The van der Waals surface area contributed by atoms with Gasteiger partial charge in [0.15, 0.2) is 5.69 Å². The summed E-state index contributed by atoms with van der Waals surface area (Å²) in [5.41, 5.74) is 6.61. The number of halogens is 4. The molecule has 180 valence electrons. The van der Waals surface area contributed by atoms with Crippen molar-refractivity contribution in [2.45, 2.75) is 19.6 Å². The first kappa shape index (κ1) is 25.5. The molecule has 0 spiro atoms. The summed E-state index contributed by atoms with van der Waals surface area (Å²) in [5.74, 6) is -1.06. The number of hydrogen-bond acceptors (Lipinski definition) is 5. The van der Waals surface area contributed by atoms with Crippen LogP contribution in [0.2, 0.25) is 5.02 Å². The van der Waals surface area contributed by atoms with Crippen molar-refractivity contribution in [2.75, 3.05) is 5.75 Å². The lowest BCUT2D eigenvalue weighted by Crippen LogP contribution is -2.29. The molecule has 7 nitrogen and oxygen atoms in total. The van der Waals surface area contributed by atoms with Crippen molar-refractivity contribution in [2.24, 2.45) is 5.73 Å². The minimum atomic E-state index is -4.66. The minimum Gasteiger partial charge on any atom is -0.326 e. The van der Waals surface area contributed by atoms with Crippen molar-refractivity contribution in [3.8, 4) is 17.1 Å². The molecule has 0 aliphatic carbocycles. The van der Waals surface area contributed by atoms with E-state index in [2.05, 4.69) is 4.98 Å². The Labute approximate surface area is 199 Å². The maximum atomic E-state index is 13.4. The molecule has 0 unspecified atom stereocenters. The number of aromatic nitrogens is 2. The van der Waals surface area contributed by atoms with Crippen LogP contribution in [0.5, 0.6) is 0 Å². The van der Waals surface area contributed by atoms with E-state index >= 15 is 0 Å². The van der Waals surface area contributed by atoms with E-state index in [0.29, 0.717) is 27.4 Å². The minimum absolute atomic E-state index is 0.0363. The standard InChI is InChI=1S/C22H20ClF3N4O3S/c1-14(31)29-34(32,33)8-2-3-15-4-6-19(7-5-15)30-13-20(22(24,25)26)28-21(30)17-9-16(12-27)10-18(23)11-17/h2-7,9-11,13H,8,12,27H2,1H3,(H,29,31). The fourth-order valence-electron chi connectivity index (χ4n) is 3.13. The first-order valence-electron chi connectivity index (χ1n) is 9.82. The summed E-state index contributed by atoms with van der Waals surface area (Å²) < 4.78 is 66.8. The Morgan fingerprint density at radius 1 is 1.21 bits per heavy atom. The molecule has 1 amide bonds. The number of carbonyl (C=O) groups excluding carboxylic acids is 1. The Bertz CT molecular complexity index is 1330. The number of sulfonamides is 1. The fourth-order valence-corrected chi connectivity index (χ4v) is 4.26. The molecule has 0 aliphatic rings. The van der Waals surface area contributed by atoms with Crippen LogP contribution in [0.1, 0.15) is 23.7 Å². The lowest BCUT2D eigenvalue weighted by atomic mass is 10.1. The number of alkyl halides is 3. The normalized spacial score (nSPS) is 12.3. The van der Waals surface area contributed by atoms with Gasteiger partial charge in [0.05, 0.1) is 5.75 Å². The smallest absolute Gasteiger partial charge is 0.326 e. The van der Waals surface area contributed by atoms with Gasteiger partial charge in [0.2, 0.25) is 15.9 Å². The highest BCUT2D eigenvalue weighted by Gasteiger charge is 2.35. The lowest BCUT2D eigenvalue weighted by Gasteiger charge is -2.10. The number of benzene rings is 2. The van der Waals surface area contributed by atoms with Gasteiger partial charge in [0.25, 0.3) is 0 Å². The van der Waals surface area contributed by atoms with Crippen LogP contribution < -0.4 is 10.5 Å². The van der Waals surface area contributed by atoms with Gasteiger partial charge in [-0.15, -0.1) is 0 Å². The highest BCUT2D eigenvalue weighted by molar-refractivity contribution is 7.90.